The molecule has 0 saturated heterocycles. The van der Waals surface area contributed by atoms with Crippen LogP contribution in [0.3, 0.4) is 0 Å². The van der Waals surface area contributed by atoms with E-state index in [2.05, 4.69) is 45.0 Å². The maximum Gasteiger partial charge on any atom is 0.0488 e. The minimum atomic E-state index is 0.643. The van der Waals surface area contributed by atoms with E-state index in [-0.39, 0.29) is 0 Å². The van der Waals surface area contributed by atoms with Gasteiger partial charge in [-0.15, -0.1) is 0 Å². The van der Waals surface area contributed by atoms with Crippen molar-refractivity contribution < 1.29 is 4.74 Å². The zero-order chi connectivity index (χ0) is 11.1. The molecular formula is C14H22O. The molecule has 1 heteroatoms. The largest absolute Gasteiger partial charge is 0.381 e. The Balaban J connectivity index is 2.15. The van der Waals surface area contributed by atoms with Crippen molar-refractivity contribution >= 4 is 0 Å². The summed E-state index contributed by atoms with van der Waals surface area (Å²) in [6.07, 6.45) is 2.25. The fourth-order valence-corrected chi connectivity index (χ4v) is 1.57. The van der Waals surface area contributed by atoms with Crippen molar-refractivity contribution in [2.75, 3.05) is 13.2 Å². The van der Waals surface area contributed by atoms with Crippen LogP contribution >= 0.6 is 0 Å². The van der Waals surface area contributed by atoms with Crippen molar-refractivity contribution in [1.82, 2.24) is 0 Å². The highest BCUT2D eigenvalue weighted by Crippen LogP contribution is 2.06. The van der Waals surface area contributed by atoms with E-state index in [4.69, 9.17) is 4.74 Å². The van der Waals surface area contributed by atoms with Crippen molar-refractivity contribution in [3.05, 3.63) is 35.4 Å². The van der Waals surface area contributed by atoms with E-state index < -0.39 is 0 Å². The predicted molar refractivity (Wildman–Crippen MR) is 65.2 cm³/mol. The van der Waals surface area contributed by atoms with Crippen LogP contribution in [0.25, 0.3) is 0 Å². The fourth-order valence-electron chi connectivity index (χ4n) is 1.57. The van der Waals surface area contributed by atoms with Gasteiger partial charge >= 0.3 is 0 Å². The lowest BCUT2D eigenvalue weighted by atomic mass is 10.1. The summed E-state index contributed by atoms with van der Waals surface area (Å²) in [5.41, 5.74) is 2.76. The lowest BCUT2D eigenvalue weighted by Gasteiger charge is -2.06. The first-order valence-electron chi connectivity index (χ1n) is 5.82. The molecule has 0 N–H and O–H groups in total. The van der Waals surface area contributed by atoms with Crippen LogP contribution in [0.15, 0.2) is 24.3 Å². The van der Waals surface area contributed by atoms with Gasteiger partial charge in [0.05, 0.1) is 0 Å². The van der Waals surface area contributed by atoms with Crippen LogP contribution in [0.1, 0.15) is 31.4 Å². The van der Waals surface area contributed by atoms with Crippen LogP contribution in [0.5, 0.6) is 0 Å². The van der Waals surface area contributed by atoms with E-state index in [9.17, 15) is 0 Å². The maximum atomic E-state index is 5.55. The Hall–Kier alpha value is -0.820. The first-order chi connectivity index (χ1) is 7.18. The maximum absolute atomic E-state index is 5.55. The topological polar surface area (TPSA) is 9.23 Å². The summed E-state index contributed by atoms with van der Waals surface area (Å²) in [6, 6.07) is 8.70. The molecule has 0 aliphatic rings. The molecule has 0 aromatic heterocycles. The van der Waals surface area contributed by atoms with Crippen molar-refractivity contribution in [3.8, 4) is 0 Å². The molecule has 1 aromatic rings. The molecule has 0 unspecified atom stereocenters. The molecule has 0 fully saturated rings. The van der Waals surface area contributed by atoms with E-state index in [0.717, 1.165) is 26.1 Å². The van der Waals surface area contributed by atoms with E-state index in [1.54, 1.807) is 0 Å². The van der Waals surface area contributed by atoms with E-state index in [0.29, 0.717) is 5.92 Å². The van der Waals surface area contributed by atoms with Gasteiger partial charge in [-0.2, -0.15) is 0 Å². The molecule has 84 valence electrons. The Morgan fingerprint density at radius 2 is 2.07 bits per heavy atom. The third-order valence-electron chi connectivity index (χ3n) is 2.29. The molecule has 15 heavy (non-hydrogen) atoms. The molecule has 1 nitrogen and oxygen atoms in total. The van der Waals surface area contributed by atoms with Gasteiger partial charge in [0.1, 0.15) is 0 Å². The Labute approximate surface area is 93.5 Å². The highest BCUT2D eigenvalue weighted by molar-refractivity contribution is 5.22. The molecule has 0 radical (unpaired) electrons. The minimum Gasteiger partial charge on any atom is -0.381 e. The standard InChI is InChI=1S/C14H22O/c1-12(2)11-15-9-5-8-14-7-4-6-13(3)10-14/h4,6-7,10,12H,5,8-9,11H2,1-3H3. The van der Waals surface area contributed by atoms with Crippen LogP contribution in [0.4, 0.5) is 0 Å². The number of benzene rings is 1. The second-order valence-corrected chi connectivity index (χ2v) is 4.56. The third kappa shape index (κ3) is 5.58. The molecule has 0 spiro atoms. The summed E-state index contributed by atoms with van der Waals surface area (Å²) in [7, 11) is 0. The first kappa shape index (κ1) is 12.3. The highest BCUT2D eigenvalue weighted by atomic mass is 16.5. The lowest BCUT2D eigenvalue weighted by Crippen LogP contribution is -2.03. The van der Waals surface area contributed by atoms with Gasteiger partial charge in [-0.25, -0.2) is 0 Å². The SMILES string of the molecule is Cc1cccc(CCCOCC(C)C)c1. The molecule has 0 aliphatic heterocycles. The predicted octanol–water partition coefficient (Wildman–Crippen LogP) is 3.60. The van der Waals surface area contributed by atoms with E-state index >= 15 is 0 Å². The Kier molecular flexibility index (Phi) is 5.41. The van der Waals surface area contributed by atoms with Gasteiger partial charge < -0.3 is 4.74 Å². The first-order valence-corrected chi connectivity index (χ1v) is 5.82. The molecule has 1 aromatic carbocycles. The lowest BCUT2D eigenvalue weighted by molar-refractivity contribution is 0.108. The van der Waals surface area contributed by atoms with Crippen LogP contribution in [0.2, 0.25) is 0 Å². The van der Waals surface area contributed by atoms with Crippen LogP contribution < -0.4 is 0 Å². The van der Waals surface area contributed by atoms with Gasteiger partial charge in [-0.05, 0) is 31.2 Å². The van der Waals surface area contributed by atoms with Gasteiger partial charge in [-0.3, -0.25) is 0 Å². The quantitative estimate of drug-likeness (QED) is 0.646. The van der Waals surface area contributed by atoms with Gasteiger partial charge in [-0.1, -0.05) is 43.7 Å². The van der Waals surface area contributed by atoms with Crippen molar-refractivity contribution in [2.24, 2.45) is 5.92 Å². The van der Waals surface area contributed by atoms with Gasteiger partial charge in [0.15, 0.2) is 0 Å². The van der Waals surface area contributed by atoms with Crippen molar-refractivity contribution in [2.45, 2.75) is 33.6 Å². The normalized spacial score (nSPS) is 10.9. The summed E-state index contributed by atoms with van der Waals surface area (Å²) < 4.78 is 5.55. The molecule has 0 saturated carbocycles. The van der Waals surface area contributed by atoms with E-state index in [1.807, 2.05) is 0 Å². The number of aryl methyl sites for hydroxylation is 2. The summed E-state index contributed by atoms with van der Waals surface area (Å²) in [4.78, 5) is 0. The number of hydrogen-bond acceptors (Lipinski definition) is 1. The average molecular weight is 206 g/mol. The van der Waals surface area contributed by atoms with Crippen LogP contribution in [0, 0.1) is 12.8 Å². The second kappa shape index (κ2) is 6.62. The van der Waals surface area contributed by atoms with Crippen LogP contribution in [-0.4, -0.2) is 13.2 Å². The highest BCUT2D eigenvalue weighted by Gasteiger charge is 1.96. The molecule has 0 bridgehead atoms. The summed E-state index contributed by atoms with van der Waals surface area (Å²) in [5, 5.41) is 0. The number of rotatable bonds is 6. The zero-order valence-corrected chi connectivity index (χ0v) is 10.1. The summed E-state index contributed by atoms with van der Waals surface area (Å²) in [6.45, 7) is 8.26. The number of ether oxygens (including phenoxy) is 1. The molecule has 1 rings (SSSR count). The zero-order valence-electron chi connectivity index (χ0n) is 10.1. The summed E-state index contributed by atoms with van der Waals surface area (Å²) in [5.74, 6) is 0.643. The van der Waals surface area contributed by atoms with Crippen LogP contribution in [-0.2, 0) is 11.2 Å². The number of hydrogen-bond donors (Lipinski definition) is 0. The molecule has 0 heterocycles. The third-order valence-corrected chi connectivity index (χ3v) is 2.29. The molecule has 0 atom stereocenters. The van der Waals surface area contributed by atoms with Gasteiger partial charge in [0, 0.05) is 13.2 Å². The smallest absolute Gasteiger partial charge is 0.0488 e. The van der Waals surface area contributed by atoms with E-state index in [1.165, 1.54) is 11.1 Å². The Morgan fingerprint density at radius 3 is 2.73 bits per heavy atom. The Morgan fingerprint density at radius 1 is 1.27 bits per heavy atom. The van der Waals surface area contributed by atoms with Crippen molar-refractivity contribution in [3.63, 3.8) is 0 Å². The van der Waals surface area contributed by atoms with Gasteiger partial charge in [0.2, 0.25) is 0 Å². The fraction of sp³-hybridized carbons (Fsp3) is 0.571. The molecular weight excluding hydrogens is 184 g/mol. The Bertz CT molecular complexity index is 278. The van der Waals surface area contributed by atoms with Gasteiger partial charge in [0.25, 0.3) is 0 Å². The average Bonchev–Trinajstić information content (AvgIpc) is 2.17. The molecule has 0 amide bonds. The monoisotopic (exact) mass is 206 g/mol. The summed E-state index contributed by atoms with van der Waals surface area (Å²) >= 11 is 0. The second-order valence-electron chi connectivity index (χ2n) is 4.56. The molecule has 0 aliphatic carbocycles. The van der Waals surface area contributed by atoms with Crippen molar-refractivity contribution in [1.29, 1.82) is 0 Å². The minimum absolute atomic E-state index is 0.643.